The normalized spacial score (nSPS) is 18.8. The lowest BCUT2D eigenvalue weighted by molar-refractivity contribution is -0.151. The zero-order valence-corrected chi connectivity index (χ0v) is 19.4. The fourth-order valence-electron chi connectivity index (χ4n) is 3.66. The molecule has 0 radical (unpaired) electrons. The van der Waals surface area contributed by atoms with Crippen molar-refractivity contribution in [2.75, 3.05) is 20.6 Å². The van der Waals surface area contributed by atoms with Gasteiger partial charge < -0.3 is 20.4 Å². The van der Waals surface area contributed by atoms with Gasteiger partial charge in [-0.05, 0) is 32.6 Å². The Morgan fingerprint density at radius 3 is 2.16 bits per heavy atom. The second kappa shape index (κ2) is 12.1. The molecule has 31 heavy (non-hydrogen) atoms. The summed E-state index contributed by atoms with van der Waals surface area (Å²) in [6.07, 6.45) is 11.5. The molecule has 8 heteroatoms. The van der Waals surface area contributed by atoms with Gasteiger partial charge in [0.15, 0.2) is 0 Å². The van der Waals surface area contributed by atoms with Crippen LogP contribution in [0.2, 0.25) is 0 Å². The van der Waals surface area contributed by atoms with Crippen molar-refractivity contribution in [1.29, 1.82) is 0 Å². The molecule has 3 atom stereocenters. The predicted molar refractivity (Wildman–Crippen MR) is 121 cm³/mol. The number of amides is 4. The summed E-state index contributed by atoms with van der Waals surface area (Å²) < 4.78 is 0. The molecule has 8 nitrogen and oxygen atoms in total. The fourth-order valence-corrected chi connectivity index (χ4v) is 3.66. The van der Waals surface area contributed by atoms with Gasteiger partial charge in [-0.1, -0.05) is 44.2 Å². The predicted octanol–water partition coefficient (Wildman–Crippen LogP) is 1.48. The fraction of sp³-hybridized carbons (Fsp3) is 0.565. The van der Waals surface area contributed by atoms with Crippen LogP contribution in [-0.4, -0.2) is 77.1 Å². The third kappa shape index (κ3) is 6.80. The van der Waals surface area contributed by atoms with E-state index in [1.165, 1.54) is 20.8 Å². The molecule has 0 saturated carbocycles. The molecular formula is C23H36N4O4. The molecular weight excluding hydrogens is 396 g/mol. The quantitative estimate of drug-likeness (QED) is 0.440. The Morgan fingerprint density at radius 1 is 1.00 bits per heavy atom. The number of hydrogen-bond donors (Lipinski definition) is 1. The molecule has 172 valence electrons. The number of allylic oxidation sites excluding steroid dienone is 5. The second-order valence-electron chi connectivity index (χ2n) is 8.12. The van der Waals surface area contributed by atoms with Gasteiger partial charge >= 0.3 is 0 Å². The Kier molecular flexibility index (Phi) is 10.2. The lowest BCUT2D eigenvalue weighted by Crippen LogP contribution is -2.57. The van der Waals surface area contributed by atoms with Crippen molar-refractivity contribution in [2.45, 2.75) is 58.7 Å². The molecule has 1 heterocycles. The van der Waals surface area contributed by atoms with E-state index in [4.69, 9.17) is 5.73 Å². The van der Waals surface area contributed by atoms with Crippen molar-refractivity contribution < 1.29 is 19.2 Å². The van der Waals surface area contributed by atoms with Crippen molar-refractivity contribution in [3.63, 3.8) is 0 Å². The molecule has 1 fully saturated rings. The van der Waals surface area contributed by atoms with E-state index in [1.807, 2.05) is 32.9 Å². The SMILES string of the molecule is CC=CC=CC=CC(=O)N(C)C(C(=O)N(C)C(C)C(=O)N1CCCC1C(N)=O)C(C)C. The second-order valence-corrected chi connectivity index (χ2v) is 8.12. The van der Waals surface area contributed by atoms with Crippen LogP contribution in [0.5, 0.6) is 0 Å². The summed E-state index contributed by atoms with van der Waals surface area (Å²) in [5, 5.41) is 0. The van der Waals surface area contributed by atoms with Crippen LogP contribution in [0.3, 0.4) is 0 Å². The summed E-state index contributed by atoms with van der Waals surface area (Å²) in [5.41, 5.74) is 5.42. The minimum Gasteiger partial charge on any atom is -0.368 e. The zero-order valence-electron chi connectivity index (χ0n) is 19.4. The highest BCUT2D eigenvalue weighted by atomic mass is 16.2. The summed E-state index contributed by atoms with van der Waals surface area (Å²) in [4.78, 5) is 54.6. The van der Waals surface area contributed by atoms with Gasteiger partial charge in [0, 0.05) is 26.7 Å². The van der Waals surface area contributed by atoms with Crippen LogP contribution in [0.4, 0.5) is 0 Å². The van der Waals surface area contributed by atoms with Gasteiger partial charge in [-0.25, -0.2) is 0 Å². The van der Waals surface area contributed by atoms with Gasteiger partial charge in [0.1, 0.15) is 18.1 Å². The third-order valence-electron chi connectivity index (χ3n) is 5.56. The average Bonchev–Trinajstić information content (AvgIpc) is 3.21. The topological polar surface area (TPSA) is 104 Å². The molecule has 0 bridgehead atoms. The zero-order chi connectivity index (χ0) is 23.7. The summed E-state index contributed by atoms with van der Waals surface area (Å²) in [7, 11) is 3.12. The third-order valence-corrected chi connectivity index (χ3v) is 5.56. The molecule has 0 aromatic rings. The van der Waals surface area contributed by atoms with Crippen molar-refractivity contribution >= 4 is 23.6 Å². The van der Waals surface area contributed by atoms with Crippen molar-refractivity contribution in [1.82, 2.24) is 14.7 Å². The molecule has 0 aromatic carbocycles. The van der Waals surface area contributed by atoms with E-state index in [0.717, 1.165) is 0 Å². The summed E-state index contributed by atoms with van der Waals surface area (Å²) in [6.45, 7) is 7.67. The van der Waals surface area contributed by atoms with Crippen molar-refractivity contribution in [3.05, 3.63) is 36.5 Å². The molecule has 1 saturated heterocycles. The first-order valence-corrected chi connectivity index (χ1v) is 10.6. The molecule has 1 aliphatic heterocycles. The Labute approximate surface area is 185 Å². The van der Waals surface area contributed by atoms with Crippen LogP contribution in [0.1, 0.15) is 40.5 Å². The lowest BCUT2D eigenvalue weighted by Gasteiger charge is -2.36. The van der Waals surface area contributed by atoms with Gasteiger partial charge in [-0.2, -0.15) is 0 Å². The number of carbonyl (C=O) groups is 4. The van der Waals surface area contributed by atoms with E-state index in [-0.39, 0.29) is 23.6 Å². The number of rotatable bonds is 9. The van der Waals surface area contributed by atoms with E-state index in [9.17, 15) is 19.2 Å². The minimum absolute atomic E-state index is 0.164. The first-order valence-electron chi connectivity index (χ1n) is 10.6. The van der Waals surface area contributed by atoms with Crippen molar-refractivity contribution in [2.24, 2.45) is 11.7 Å². The van der Waals surface area contributed by atoms with Crippen LogP contribution >= 0.6 is 0 Å². The van der Waals surface area contributed by atoms with Crippen molar-refractivity contribution in [3.8, 4) is 0 Å². The summed E-state index contributed by atoms with van der Waals surface area (Å²) >= 11 is 0. The Hall–Kier alpha value is -2.90. The highest BCUT2D eigenvalue weighted by Gasteiger charge is 2.39. The molecule has 0 spiro atoms. The van der Waals surface area contributed by atoms with Gasteiger partial charge in [-0.15, -0.1) is 0 Å². The number of hydrogen-bond acceptors (Lipinski definition) is 4. The minimum atomic E-state index is -0.781. The highest BCUT2D eigenvalue weighted by molar-refractivity contribution is 5.95. The first-order chi connectivity index (χ1) is 14.5. The van der Waals surface area contributed by atoms with Crippen LogP contribution in [-0.2, 0) is 19.2 Å². The van der Waals surface area contributed by atoms with E-state index < -0.39 is 24.0 Å². The Bertz CT molecular complexity index is 757. The number of carbonyl (C=O) groups excluding carboxylic acids is 4. The molecule has 0 aliphatic carbocycles. The maximum atomic E-state index is 13.2. The number of primary amides is 1. The molecule has 1 aliphatic rings. The standard InChI is InChI=1S/C23H36N4O4/c1-7-8-9-10-11-14-19(28)26(6)20(16(2)3)23(31)25(5)17(4)22(30)27-15-12-13-18(27)21(24)29/h7-11,14,16-18,20H,12-13,15H2,1-6H3,(H2,24,29). The maximum Gasteiger partial charge on any atom is 0.246 e. The highest BCUT2D eigenvalue weighted by Crippen LogP contribution is 2.20. The lowest BCUT2D eigenvalue weighted by atomic mass is 10.0. The molecule has 0 aromatic heterocycles. The molecule has 3 unspecified atom stereocenters. The summed E-state index contributed by atoms with van der Waals surface area (Å²) in [6, 6.07) is -2.15. The monoisotopic (exact) mass is 432 g/mol. The molecule has 1 rings (SSSR count). The number of nitrogens with two attached hydrogens (primary N) is 1. The van der Waals surface area contributed by atoms with Gasteiger partial charge in [-0.3, -0.25) is 19.2 Å². The van der Waals surface area contributed by atoms with E-state index in [1.54, 1.807) is 39.2 Å². The number of likely N-dealkylation sites (N-methyl/N-ethyl adjacent to an activating group) is 2. The van der Waals surface area contributed by atoms with Gasteiger partial charge in [0.25, 0.3) is 0 Å². The smallest absolute Gasteiger partial charge is 0.246 e. The van der Waals surface area contributed by atoms with Crippen LogP contribution < -0.4 is 5.73 Å². The van der Waals surface area contributed by atoms with E-state index in [0.29, 0.717) is 19.4 Å². The summed E-state index contributed by atoms with van der Waals surface area (Å²) in [5.74, 6) is -1.66. The van der Waals surface area contributed by atoms with Crippen LogP contribution in [0.25, 0.3) is 0 Å². The van der Waals surface area contributed by atoms with Gasteiger partial charge in [0.2, 0.25) is 23.6 Å². The molecule has 2 N–H and O–H groups in total. The van der Waals surface area contributed by atoms with E-state index >= 15 is 0 Å². The number of nitrogens with zero attached hydrogens (tertiary/aromatic N) is 3. The Morgan fingerprint density at radius 2 is 1.61 bits per heavy atom. The molecule has 4 amide bonds. The van der Waals surface area contributed by atoms with Crippen LogP contribution in [0, 0.1) is 5.92 Å². The largest absolute Gasteiger partial charge is 0.368 e. The Balaban J connectivity index is 2.94. The average molecular weight is 433 g/mol. The maximum absolute atomic E-state index is 13.2. The van der Waals surface area contributed by atoms with E-state index in [2.05, 4.69) is 0 Å². The first kappa shape index (κ1) is 26.1. The van der Waals surface area contributed by atoms with Crippen LogP contribution in [0.15, 0.2) is 36.5 Å². The number of likely N-dealkylation sites (tertiary alicyclic amines) is 1. The van der Waals surface area contributed by atoms with Gasteiger partial charge in [0.05, 0.1) is 0 Å².